The Kier molecular flexibility index (Phi) is 6.97. The van der Waals surface area contributed by atoms with Crippen molar-refractivity contribution in [3.8, 4) is 79.4 Å². The average Bonchev–Trinajstić information content (AvgIpc) is 3.66. The van der Waals surface area contributed by atoms with Gasteiger partial charge in [0.05, 0.1) is 0 Å². The summed E-state index contributed by atoms with van der Waals surface area (Å²) in [5.41, 5.74) is 3.51. The summed E-state index contributed by atoms with van der Waals surface area (Å²) in [5, 5.41) is 98.0. The summed E-state index contributed by atoms with van der Waals surface area (Å²) in [4.78, 5) is 0. The zero-order valence-corrected chi connectivity index (χ0v) is 30.7. The van der Waals surface area contributed by atoms with Crippen LogP contribution in [-0.2, 0) is 0 Å². The van der Waals surface area contributed by atoms with E-state index in [9.17, 15) is 40.9 Å². The molecule has 9 nitrogen and oxygen atoms in total. The Morgan fingerprint density at radius 2 is 0.797 bits per heavy atom. The van der Waals surface area contributed by atoms with Crippen molar-refractivity contribution in [3.63, 3.8) is 0 Å². The number of aromatic hydroxyl groups is 8. The van der Waals surface area contributed by atoms with Crippen molar-refractivity contribution in [2.24, 2.45) is 0 Å². The van der Waals surface area contributed by atoms with E-state index < -0.39 is 46.0 Å². The van der Waals surface area contributed by atoms with E-state index in [2.05, 4.69) is 6.07 Å². The number of furan rings is 1. The van der Waals surface area contributed by atoms with Crippen LogP contribution in [0.1, 0.15) is 0 Å². The van der Waals surface area contributed by atoms with E-state index in [1.165, 1.54) is 0 Å². The lowest BCUT2D eigenvalue weighted by Gasteiger charge is -2.23. The fourth-order valence-electron chi connectivity index (χ4n) is 8.96. The number of hydrogen-bond donors (Lipinski definition) is 8. The highest BCUT2D eigenvalue weighted by Gasteiger charge is 2.33. The molecule has 0 saturated heterocycles. The molecule has 0 aliphatic heterocycles. The molecule has 0 radical (unpaired) electrons. The summed E-state index contributed by atoms with van der Waals surface area (Å²) in [6.45, 7) is 0. The first-order valence-electron chi connectivity index (χ1n) is 18.7. The molecule has 1 aromatic heterocycles. The normalized spacial score (nSPS) is 11.9. The maximum atomic E-state index is 11.9. The van der Waals surface area contributed by atoms with E-state index in [0.717, 1.165) is 43.4 Å². The van der Waals surface area contributed by atoms with Gasteiger partial charge in [-0.1, -0.05) is 109 Å². The van der Waals surface area contributed by atoms with Crippen LogP contribution in [0.4, 0.5) is 0 Å². The molecule has 0 amide bonds. The maximum Gasteiger partial charge on any atom is 0.204 e. The monoisotopic (exact) mass is 774 g/mol. The molecule has 10 aromatic carbocycles. The van der Waals surface area contributed by atoms with Crippen molar-refractivity contribution in [2.75, 3.05) is 0 Å². The van der Waals surface area contributed by atoms with Crippen LogP contribution in [0.2, 0.25) is 0 Å². The molecule has 0 spiro atoms. The van der Waals surface area contributed by atoms with E-state index in [-0.39, 0.29) is 32.7 Å². The molecule has 0 aliphatic rings. The number of phenols is 8. The van der Waals surface area contributed by atoms with Crippen molar-refractivity contribution in [3.05, 3.63) is 133 Å². The van der Waals surface area contributed by atoms with Crippen LogP contribution in [0.3, 0.4) is 0 Å². The second-order valence-corrected chi connectivity index (χ2v) is 14.8. The number of benzene rings is 10. The van der Waals surface area contributed by atoms with E-state index in [1.807, 2.05) is 103 Å². The third kappa shape index (κ3) is 4.61. The zero-order valence-electron chi connectivity index (χ0n) is 30.7. The predicted octanol–water partition coefficient (Wildman–Crippen LogP) is 12.0. The summed E-state index contributed by atoms with van der Waals surface area (Å²) in [6.07, 6.45) is 0. The van der Waals surface area contributed by atoms with Gasteiger partial charge in [0.25, 0.3) is 0 Å². The Bertz CT molecular complexity index is 3580. The van der Waals surface area contributed by atoms with Gasteiger partial charge in [0, 0.05) is 48.8 Å². The summed E-state index contributed by atoms with van der Waals surface area (Å²) in [7, 11) is 0. The van der Waals surface area contributed by atoms with Crippen LogP contribution in [0.25, 0.3) is 109 Å². The Labute approximate surface area is 333 Å². The molecule has 0 aliphatic carbocycles. The second kappa shape index (κ2) is 12.1. The third-order valence-corrected chi connectivity index (χ3v) is 11.7. The summed E-state index contributed by atoms with van der Waals surface area (Å²) in [6, 6.07) is 41.9. The van der Waals surface area contributed by atoms with Gasteiger partial charge < -0.3 is 45.3 Å². The minimum absolute atomic E-state index is 0.0208. The Morgan fingerprint density at radius 1 is 0.305 bits per heavy atom. The van der Waals surface area contributed by atoms with Gasteiger partial charge in [0.15, 0.2) is 23.0 Å². The standard InChI is InChI=1S/C50H30O9/c51-42-38-36(27-16-20-35-34(22-27)33-17-15-24-8-3-4-10-29(24)50(33)59-35)39-41(45(54)49(58)47(56)43(39)52)37(40(38)44(53)48(57)46(42)55)32-19-18-28(30-11-5-6-12-31(30)32)26-14-13-23-7-1-2-9-25(23)21-26/h1-22,51-58H. The average molecular weight is 775 g/mol. The fraction of sp³-hybridized carbons (Fsp3) is 0. The Morgan fingerprint density at radius 3 is 1.44 bits per heavy atom. The minimum Gasteiger partial charge on any atom is -0.504 e. The molecule has 284 valence electrons. The third-order valence-electron chi connectivity index (χ3n) is 11.7. The van der Waals surface area contributed by atoms with Gasteiger partial charge in [-0.25, -0.2) is 0 Å². The first-order valence-corrected chi connectivity index (χ1v) is 18.7. The van der Waals surface area contributed by atoms with Crippen LogP contribution in [-0.4, -0.2) is 40.9 Å². The smallest absolute Gasteiger partial charge is 0.204 e. The van der Waals surface area contributed by atoms with Crippen LogP contribution in [0, 0.1) is 0 Å². The quantitative estimate of drug-likeness (QED) is 0.0493. The van der Waals surface area contributed by atoms with Gasteiger partial charge in [-0.2, -0.15) is 0 Å². The molecule has 59 heavy (non-hydrogen) atoms. The first kappa shape index (κ1) is 34.0. The number of fused-ring (bicyclic) bond motifs is 9. The van der Waals surface area contributed by atoms with Crippen molar-refractivity contribution in [1.29, 1.82) is 0 Å². The fourth-order valence-corrected chi connectivity index (χ4v) is 8.96. The first-order chi connectivity index (χ1) is 28.6. The van der Waals surface area contributed by atoms with Crippen molar-refractivity contribution < 1.29 is 45.3 Å². The maximum absolute atomic E-state index is 11.9. The predicted molar refractivity (Wildman–Crippen MR) is 231 cm³/mol. The van der Waals surface area contributed by atoms with E-state index in [0.29, 0.717) is 33.1 Å². The van der Waals surface area contributed by atoms with E-state index >= 15 is 0 Å². The van der Waals surface area contributed by atoms with Crippen LogP contribution >= 0.6 is 0 Å². The summed E-state index contributed by atoms with van der Waals surface area (Å²) in [5.74, 6) is -7.52. The molecule has 0 unspecified atom stereocenters. The molecule has 0 atom stereocenters. The lowest BCUT2D eigenvalue weighted by molar-refractivity contribution is 0.350. The van der Waals surface area contributed by atoms with Gasteiger partial charge in [0.2, 0.25) is 23.0 Å². The molecular weight excluding hydrogens is 745 g/mol. The highest BCUT2D eigenvalue weighted by molar-refractivity contribution is 6.31. The number of rotatable bonds is 3. The second-order valence-electron chi connectivity index (χ2n) is 14.8. The van der Waals surface area contributed by atoms with Gasteiger partial charge in [-0.15, -0.1) is 0 Å². The van der Waals surface area contributed by atoms with E-state index in [4.69, 9.17) is 4.42 Å². The highest BCUT2D eigenvalue weighted by Crippen LogP contribution is 2.62. The van der Waals surface area contributed by atoms with Gasteiger partial charge >= 0.3 is 0 Å². The Balaban J connectivity index is 1.30. The van der Waals surface area contributed by atoms with Gasteiger partial charge in [0.1, 0.15) is 11.2 Å². The lowest BCUT2D eigenvalue weighted by atomic mass is 9.81. The molecule has 11 rings (SSSR count). The van der Waals surface area contributed by atoms with Crippen LogP contribution in [0.5, 0.6) is 46.0 Å². The molecule has 8 N–H and O–H groups in total. The van der Waals surface area contributed by atoms with Crippen molar-refractivity contribution in [1.82, 2.24) is 0 Å². The van der Waals surface area contributed by atoms with Crippen molar-refractivity contribution >= 4 is 75.8 Å². The number of hydrogen-bond acceptors (Lipinski definition) is 9. The SMILES string of the molecule is Oc1c(O)c(O)c2c(-c3ccc(-c4ccc5ccccc5c4)c4ccccc34)c3c(O)c(O)c(O)c(O)c3c(-c3ccc4oc5c6ccccc6ccc5c4c3)c2c1O. The zero-order chi connectivity index (χ0) is 40.4. The summed E-state index contributed by atoms with van der Waals surface area (Å²) >= 11 is 0. The van der Waals surface area contributed by atoms with Crippen molar-refractivity contribution in [2.45, 2.75) is 0 Å². The molecule has 0 fully saturated rings. The molecule has 1 heterocycles. The van der Waals surface area contributed by atoms with E-state index in [1.54, 1.807) is 24.3 Å². The molecule has 0 saturated carbocycles. The highest BCUT2D eigenvalue weighted by atomic mass is 16.4. The Hall–Kier alpha value is -8.30. The van der Waals surface area contributed by atoms with Crippen LogP contribution in [0.15, 0.2) is 138 Å². The van der Waals surface area contributed by atoms with Crippen LogP contribution < -0.4 is 0 Å². The minimum atomic E-state index is -1.04. The molecule has 0 bridgehead atoms. The van der Waals surface area contributed by atoms with Gasteiger partial charge in [-0.3, -0.25) is 0 Å². The number of phenolic OH excluding ortho intramolecular Hbond substituents is 8. The largest absolute Gasteiger partial charge is 0.504 e. The molecule has 11 aromatic rings. The lowest BCUT2D eigenvalue weighted by Crippen LogP contribution is -1.95. The molecular formula is C50H30O9. The molecule has 9 heteroatoms. The summed E-state index contributed by atoms with van der Waals surface area (Å²) < 4.78 is 6.34. The van der Waals surface area contributed by atoms with Gasteiger partial charge in [-0.05, 0) is 73.5 Å². The topological polar surface area (TPSA) is 175 Å².